The lowest BCUT2D eigenvalue weighted by Gasteiger charge is -2.38. The molecule has 2 aliphatic carbocycles. The second kappa shape index (κ2) is 9.89. The maximum atomic E-state index is 13.9. The highest BCUT2D eigenvalue weighted by atomic mass is 19.2. The van der Waals surface area contributed by atoms with E-state index in [1.165, 1.54) is 57.8 Å². The quantitative estimate of drug-likeness (QED) is 0.478. The minimum Gasteiger partial charge on any atom is -0.490 e. The maximum Gasteiger partial charge on any atom is 0.200 e. The Morgan fingerprint density at radius 3 is 2.04 bits per heavy atom. The van der Waals surface area contributed by atoms with E-state index in [9.17, 15) is 8.78 Å². The molecule has 1 aromatic carbocycles. The molecule has 0 bridgehead atoms. The summed E-state index contributed by atoms with van der Waals surface area (Å²) in [6, 6.07) is 3.14. The number of hydrogen-bond acceptors (Lipinski definition) is 1. The number of rotatable bonds is 7. The Morgan fingerprint density at radius 1 is 0.852 bits per heavy atom. The fourth-order valence-corrected chi connectivity index (χ4v) is 5.21. The van der Waals surface area contributed by atoms with Crippen LogP contribution in [-0.4, -0.2) is 6.61 Å². The first-order valence-corrected chi connectivity index (χ1v) is 11.2. The fraction of sp³-hybridized carbons (Fsp3) is 0.750. The lowest BCUT2D eigenvalue weighted by Crippen LogP contribution is -2.27. The van der Waals surface area contributed by atoms with Crippen molar-refractivity contribution in [3.8, 4) is 5.75 Å². The van der Waals surface area contributed by atoms with Crippen LogP contribution in [0, 0.1) is 42.2 Å². The summed E-state index contributed by atoms with van der Waals surface area (Å²) in [6.07, 6.45) is 14.8. The summed E-state index contributed by atoms with van der Waals surface area (Å²) in [7, 11) is 0. The molecular weight excluding hydrogens is 342 g/mol. The molecule has 0 unspecified atom stereocenters. The number of aryl methyl sites for hydroxylation is 1. The fourth-order valence-electron chi connectivity index (χ4n) is 5.21. The minimum atomic E-state index is -0.844. The molecule has 0 radical (unpaired) electrons. The summed E-state index contributed by atoms with van der Waals surface area (Å²) in [5.74, 6) is 1.69. The topological polar surface area (TPSA) is 9.23 Å². The van der Waals surface area contributed by atoms with E-state index in [2.05, 4.69) is 6.92 Å². The number of halogens is 2. The summed E-state index contributed by atoms with van der Waals surface area (Å²) in [6.45, 7) is 4.37. The van der Waals surface area contributed by atoms with E-state index in [0.29, 0.717) is 18.1 Å². The van der Waals surface area contributed by atoms with E-state index in [-0.39, 0.29) is 5.75 Å². The van der Waals surface area contributed by atoms with Crippen LogP contribution in [0.3, 0.4) is 0 Å². The van der Waals surface area contributed by atoms with E-state index in [1.54, 1.807) is 19.1 Å². The smallest absolute Gasteiger partial charge is 0.200 e. The van der Waals surface area contributed by atoms with Crippen molar-refractivity contribution in [2.45, 2.75) is 84.5 Å². The van der Waals surface area contributed by atoms with Gasteiger partial charge in [-0.3, -0.25) is 0 Å². The zero-order valence-corrected chi connectivity index (χ0v) is 17.1. The second-order valence-corrected chi connectivity index (χ2v) is 9.02. The third kappa shape index (κ3) is 5.45. The van der Waals surface area contributed by atoms with Crippen LogP contribution in [0.4, 0.5) is 8.78 Å². The number of benzene rings is 1. The van der Waals surface area contributed by atoms with Crippen molar-refractivity contribution in [3.63, 3.8) is 0 Å². The standard InChI is InChI=1S/C24H36F2O/c1-3-4-5-18-7-11-20(12-8-18)21-13-9-19(10-14-21)16-27-22-15-6-17(2)23(25)24(22)26/h6,15,18-21H,3-5,7-14,16H2,1-2H3. The van der Waals surface area contributed by atoms with Crippen LogP contribution in [0.1, 0.15) is 83.1 Å². The molecular formula is C24H36F2O. The average molecular weight is 379 g/mol. The highest BCUT2D eigenvalue weighted by Crippen LogP contribution is 2.42. The highest BCUT2D eigenvalue weighted by Gasteiger charge is 2.31. The molecule has 0 spiro atoms. The zero-order chi connectivity index (χ0) is 19.2. The Bertz CT molecular complexity index is 584. The molecule has 1 aromatic rings. The first-order valence-electron chi connectivity index (χ1n) is 11.2. The van der Waals surface area contributed by atoms with Crippen molar-refractivity contribution < 1.29 is 13.5 Å². The molecule has 0 aliphatic heterocycles. The summed E-state index contributed by atoms with van der Waals surface area (Å²) < 4.78 is 33.2. The monoisotopic (exact) mass is 378 g/mol. The van der Waals surface area contributed by atoms with Crippen LogP contribution < -0.4 is 4.74 Å². The molecule has 0 aromatic heterocycles. The number of unbranched alkanes of at least 4 members (excludes halogenated alkanes) is 1. The van der Waals surface area contributed by atoms with Crippen LogP contribution in [0.25, 0.3) is 0 Å². The lowest BCUT2D eigenvalue weighted by atomic mass is 9.69. The van der Waals surface area contributed by atoms with Crippen molar-refractivity contribution in [2.75, 3.05) is 6.61 Å². The Balaban J connectivity index is 1.39. The Kier molecular flexibility index (Phi) is 7.55. The van der Waals surface area contributed by atoms with Gasteiger partial charge in [0.1, 0.15) is 0 Å². The van der Waals surface area contributed by atoms with E-state index in [4.69, 9.17) is 4.74 Å². The summed E-state index contributed by atoms with van der Waals surface area (Å²) in [5.41, 5.74) is 0.324. The van der Waals surface area contributed by atoms with Gasteiger partial charge >= 0.3 is 0 Å². The SMILES string of the molecule is CCCCC1CCC(C2CCC(COc3ccc(C)c(F)c3F)CC2)CC1. The van der Waals surface area contributed by atoms with Gasteiger partial charge < -0.3 is 4.74 Å². The van der Waals surface area contributed by atoms with Crippen molar-refractivity contribution >= 4 is 0 Å². The molecule has 0 N–H and O–H groups in total. The normalized spacial score (nSPS) is 28.9. The van der Waals surface area contributed by atoms with Crippen LogP contribution in [-0.2, 0) is 0 Å². The number of hydrogen-bond donors (Lipinski definition) is 0. The predicted molar refractivity (Wildman–Crippen MR) is 107 cm³/mol. The van der Waals surface area contributed by atoms with E-state index in [1.807, 2.05) is 0 Å². The van der Waals surface area contributed by atoms with Crippen molar-refractivity contribution in [1.82, 2.24) is 0 Å². The first-order chi connectivity index (χ1) is 13.1. The molecule has 0 atom stereocenters. The van der Waals surface area contributed by atoms with Gasteiger partial charge in [0, 0.05) is 0 Å². The first kappa shape index (κ1) is 20.6. The zero-order valence-electron chi connectivity index (χ0n) is 17.1. The average Bonchev–Trinajstić information content (AvgIpc) is 2.71. The highest BCUT2D eigenvalue weighted by molar-refractivity contribution is 5.30. The van der Waals surface area contributed by atoms with Gasteiger partial charge in [0.25, 0.3) is 0 Å². The van der Waals surface area contributed by atoms with E-state index >= 15 is 0 Å². The second-order valence-electron chi connectivity index (χ2n) is 9.02. The molecule has 0 heterocycles. The molecule has 3 rings (SSSR count). The molecule has 1 nitrogen and oxygen atoms in total. The summed E-state index contributed by atoms with van der Waals surface area (Å²) >= 11 is 0. The summed E-state index contributed by atoms with van der Waals surface area (Å²) in [4.78, 5) is 0. The molecule has 3 heteroatoms. The molecule has 27 heavy (non-hydrogen) atoms. The van der Waals surface area contributed by atoms with Crippen LogP contribution >= 0.6 is 0 Å². The predicted octanol–water partition coefficient (Wildman–Crippen LogP) is 7.46. The largest absolute Gasteiger partial charge is 0.490 e. The Morgan fingerprint density at radius 2 is 1.44 bits per heavy atom. The van der Waals surface area contributed by atoms with Gasteiger partial charge in [-0.05, 0) is 80.8 Å². The van der Waals surface area contributed by atoms with Crippen LogP contribution in [0.5, 0.6) is 5.75 Å². The van der Waals surface area contributed by atoms with Gasteiger partial charge in [-0.1, -0.05) is 45.1 Å². The minimum absolute atomic E-state index is 0.0608. The Labute approximate surface area is 163 Å². The summed E-state index contributed by atoms with van der Waals surface area (Å²) in [5, 5.41) is 0. The third-order valence-electron chi connectivity index (χ3n) is 7.13. The van der Waals surface area contributed by atoms with Crippen molar-refractivity contribution in [3.05, 3.63) is 29.3 Å². The van der Waals surface area contributed by atoms with Gasteiger partial charge in [0.05, 0.1) is 6.61 Å². The van der Waals surface area contributed by atoms with Gasteiger partial charge in [0.15, 0.2) is 11.6 Å². The van der Waals surface area contributed by atoms with Gasteiger partial charge in [-0.15, -0.1) is 0 Å². The lowest BCUT2D eigenvalue weighted by molar-refractivity contribution is 0.120. The molecule has 0 amide bonds. The molecule has 152 valence electrons. The van der Waals surface area contributed by atoms with E-state index in [0.717, 1.165) is 30.6 Å². The van der Waals surface area contributed by atoms with Crippen molar-refractivity contribution in [2.24, 2.45) is 23.7 Å². The van der Waals surface area contributed by atoms with Gasteiger partial charge in [0.2, 0.25) is 5.82 Å². The maximum absolute atomic E-state index is 13.9. The van der Waals surface area contributed by atoms with Gasteiger partial charge in [-0.25, -0.2) is 4.39 Å². The van der Waals surface area contributed by atoms with Crippen LogP contribution in [0.15, 0.2) is 12.1 Å². The Hall–Kier alpha value is -1.12. The molecule has 2 aliphatic rings. The van der Waals surface area contributed by atoms with Crippen LogP contribution in [0.2, 0.25) is 0 Å². The van der Waals surface area contributed by atoms with Gasteiger partial charge in [-0.2, -0.15) is 4.39 Å². The molecule has 0 saturated heterocycles. The number of ether oxygens (including phenoxy) is 1. The van der Waals surface area contributed by atoms with Crippen molar-refractivity contribution in [1.29, 1.82) is 0 Å². The molecule has 2 fully saturated rings. The van der Waals surface area contributed by atoms with E-state index < -0.39 is 11.6 Å². The third-order valence-corrected chi connectivity index (χ3v) is 7.13. The molecule has 2 saturated carbocycles.